The van der Waals surface area contributed by atoms with Crippen LogP contribution in [-0.2, 0) is 0 Å². The van der Waals surface area contributed by atoms with Gasteiger partial charge in [0, 0.05) is 22.2 Å². The molecule has 0 atom stereocenters. The molecule has 0 saturated carbocycles. The topological polar surface area (TPSA) is 37.8 Å². The van der Waals surface area contributed by atoms with E-state index in [-0.39, 0.29) is 0 Å². The van der Waals surface area contributed by atoms with Crippen LogP contribution in [0.1, 0.15) is 11.1 Å². The molecule has 1 aromatic heterocycles. The molecule has 0 saturated heterocycles. The summed E-state index contributed by atoms with van der Waals surface area (Å²) in [6, 6.07) is 25.9. The van der Waals surface area contributed by atoms with Gasteiger partial charge in [0.05, 0.1) is 5.52 Å². The molecule has 0 amide bonds. The van der Waals surface area contributed by atoms with E-state index >= 15 is 0 Å². The maximum absolute atomic E-state index is 4.35. The van der Waals surface area contributed by atoms with Gasteiger partial charge in [-0.25, -0.2) is 9.97 Å². The van der Waals surface area contributed by atoms with Crippen molar-refractivity contribution < 1.29 is 0 Å². The lowest BCUT2D eigenvalue weighted by Gasteiger charge is -2.08. The van der Waals surface area contributed by atoms with Crippen LogP contribution in [0.15, 0.2) is 85.2 Å². The quantitative estimate of drug-likeness (QED) is 0.540. The van der Waals surface area contributed by atoms with Crippen molar-refractivity contribution in [1.82, 2.24) is 9.97 Å². The second-order valence-corrected chi connectivity index (χ2v) is 5.56. The van der Waals surface area contributed by atoms with E-state index in [1.165, 1.54) is 0 Å². The number of hydrogen-bond donors (Lipinski definition) is 1. The first kappa shape index (κ1) is 14.9. The molecule has 0 aliphatic heterocycles. The fourth-order valence-electron chi connectivity index (χ4n) is 2.54. The van der Waals surface area contributed by atoms with Gasteiger partial charge < -0.3 is 5.32 Å². The van der Waals surface area contributed by atoms with E-state index in [1.54, 1.807) is 6.33 Å². The van der Waals surface area contributed by atoms with E-state index in [9.17, 15) is 0 Å². The highest BCUT2D eigenvalue weighted by molar-refractivity contribution is 5.90. The van der Waals surface area contributed by atoms with Gasteiger partial charge in [-0.15, -0.1) is 0 Å². The number of nitrogens with zero attached hydrogens (tertiary/aromatic N) is 2. The van der Waals surface area contributed by atoms with Crippen LogP contribution in [-0.4, -0.2) is 9.97 Å². The number of anilines is 2. The van der Waals surface area contributed by atoms with Gasteiger partial charge in [-0.1, -0.05) is 42.2 Å². The van der Waals surface area contributed by atoms with E-state index < -0.39 is 0 Å². The van der Waals surface area contributed by atoms with E-state index in [0.29, 0.717) is 0 Å². The number of hydrogen-bond acceptors (Lipinski definition) is 3. The number of benzene rings is 3. The molecule has 0 unspecified atom stereocenters. The van der Waals surface area contributed by atoms with Crippen molar-refractivity contribution in [2.24, 2.45) is 0 Å². The van der Waals surface area contributed by atoms with Crippen LogP contribution < -0.4 is 5.32 Å². The Labute approximate surface area is 146 Å². The summed E-state index contributed by atoms with van der Waals surface area (Å²) >= 11 is 0. The molecule has 3 nitrogen and oxygen atoms in total. The second-order valence-electron chi connectivity index (χ2n) is 5.56. The summed E-state index contributed by atoms with van der Waals surface area (Å²) in [4.78, 5) is 8.63. The minimum absolute atomic E-state index is 0.800. The van der Waals surface area contributed by atoms with Crippen LogP contribution in [0.5, 0.6) is 0 Å². The zero-order valence-corrected chi connectivity index (χ0v) is 13.5. The molecule has 0 bridgehead atoms. The van der Waals surface area contributed by atoms with Crippen LogP contribution in [0.2, 0.25) is 0 Å². The number of aromatic nitrogens is 2. The molecule has 4 aromatic rings. The van der Waals surface area contributed by atoms with Crippen molar-refractivity contribution >= 4 is 22.4 Å². The summed E-state index contributed by atoms with van der Waals surface area (Å²) in [6.07, 6.45) is 1.57. The van der Waals surface area contributed by atoms with E-state index in [4.69, 9.17) is 0 Å². The highest BCUT2D eigenvalue weighted by Crippen LogP contribution is 2.22. The number of para-hydroxylation sites is 1. The maximum atomic E-state index is 4.35. The number of rotatable bonds is 2. The molecule has 0 radical (unpaired) electrons. The molecule has 25 heavy (non-hydrogen) atoms. The Morgan fingerprint density at radius 2 is 1.32 bits per heavy atom. The van der Waals surface area contributed by atoms with E-state index in [1.807, 2.05) is 78.9 Å². The molecule has 118 valence electrons. The summed E-state index contributed by atoms with van der Waals surface area (Å²) in [5.41, 5.74) is 3.87. The lowest BCUT2D eigenvalue weighted by molar-refractivity contribution is 1.22. The van der Waals surface area contributed by atoms with Crippen molar-refractivity contribution in [3.8, 4) is 11.8 Å². The Morgan fingerprint density at radius 1 is 0.640 bits per heavy atom. The Morgan fingerprint density at radius 3 is 2.12 bits per heavy atom. The minimum Gasteiger partial charge on any atom is -0.340 e. The van der Waals surface area contributed by atoms with Gasteiger partial charge in [-0.2, -0.15) is 0 Å². The molecule has 1 N–H and O–H groups in total. The van der Waals surface area contributed by atoms with Crippen molar-refractivity contribution in [1.29, 1.82) is 0 Å². The average Bonchev–Trinajstić information content (AvgIpc) is 2.69. The van der Waals surface area contributed by atoms with Crippen molar-refractivity contribution in [2.45, 2.75) is 0 Å². The predicted octanol–water partition coefficient (Wildman–Crippen LogP) is 4.77. The minimum atomic E-state index is 0.800. The van der Waals surface area contributed by atoms with Crippen molar-refractivity contribution in [3.05, 3.63) is 96.3 Å². The van der Waals surface area contributed by atoms with Gasteiger partial charge in [-0.3, -0.25) is 0 Å². The standard InChI is InChI=1S/C22H15N3/c1-2-6-17(7-3-1)10-11-18-12-14-19(15-13-18)25-22-20-8-4-5-9-21(20)23-16-24-22/h1-9,12-16H,(H,23,24,25). The number of nitrogens with one attached hydrogen (secondary N) is 1. The molecular weight excluding hydrogens is 306 g/mol. The monoisotopic (exact) mass is 321 g/mol. The Kier molecular flexibility index (Phi) is 4.09. The zero-order chi connectivity index (χ0) is 16.9. The fourth-order valence-corrected chi connectivity index (χ4v) is 2.54. The first-order valence-corrected chi connectivity index (χ1v) is 8.02. The summed E-state index contributed by atoms with van der Waals surface area (Å²) in [5.74, 6) is 7.14. The fraction of sp³-hybridized carbons (Fsp3) is 0. The molecule has 3 heteroatoms. The SMILES string of the molecule is C(#Cc1ccc(Nc2ncnc3ccccc23)cc1)c1ccccc1. The molecule has 0 aliphatic rings. The van der Waals surface area contributed by atoms with Crippen LogP contribution in [0.4, 0.5) is 11.5 Å². The third kappa shape index (κ3) is 3.49. The summed E-state index contributed by atoms with van der Waals surface area (Å²) in [5, 5.41) is 4.35. The van der Waals surface area contributed by atoms with Crippen LogP contribution in [0.25, 0.3) is 10.9 Å². The normalized spacial score (nSPS) is 10.1. The molecule has 3 aromatic carbocycles. The average molecular weight is 321 g/mol. The largest absolute Gasteiger partial charge is 0.340 e. The van der Waals surface area contributed by atoms with Gasteiger partial charge in [0.15, 0.2) is 0 Å². The van der Waals surface area contributed by atoms with Crippen LogP contribution >= 0.6 is 0 Å². The van der Waals surface area contributed by atoms with E-state index in [0.717, 1.165) is 33.5 Å². The van der Waals surface area contributed by atoms with Gasteiger partial charge in [0.25, 0.3) is 0 Å². The molecule has 0 fully saturated rings. The lowest BCUT2D eigenvalue weighted by Crippen LogP contribution is -1.95. The van der Waals surface area contributed by atoms with Crippen LogP contribution in [0.3, 0.4) is 0 Å². The molecular formula is C22H15N3. The van der Waals surface area contributed by atoms with Gasteiger partial charge >= 0.3 is 0 Å². The second kappa shape index (κ2) is 6.86. The highest BCUT2D eigenvalue weighted by Gasteiger charge is 2.03. The zero-order valence-electron chi connectivity index (χ0n) is 13.5. The van der Waals surface area contributed by atoms with Gasteiger partial charge in [0.2, 0.25) is 0 Å². The maximum Gasteiger partial charge on any atom is 0.141 e. The summed E-state index contributed by atoms with van der Waals surface area (Å²) in [6.45, 7) is 0. The molecule has 4 rings (SSSR count). The van der Waals surface area contributed by atoms with Crippen LogP contribution in [0, 0.1) is 11.8 Å². The van der Waals surface area contributed by atoms with Crippen molar-refractivity contribution in [2.75, 3.05) is 5.32 Å². The molecule has 0 aliphatic carbocycles. The third-order valence-electron chi connectivity index (χ3n) is 3.82. The molecule has 1 heterocycles. The smallest absolute Gasteiger partial charge is 0.141 e. The Balaban J connectivity index is 1.56. The molecule has 0 spiro atoms. The first-order chi connectivity index (χ1) is 12.4. The van der Waals surface area contributed by atoms with Gasteiger partial charge in [-0.05, 0) is 48.5 Å². The van der Waals surface area contributed by atoms with Gasteiger partial charge in [0.1, 0.15) is 12.1 Å². The first-order valence-electron chi connectivity index (χ1n) is 8.02. The summed E-state index contributed by atoms with van der Waals surface area (Å²) < 4.78 is 0. The van der Waals surface area contributed by atoms with E-state index in [2.05, 4.69) is 27.1 Å². The third-order valence-corrected chi connectivity index (χ3v) is 3.82. The summed E-state index contributed by atoms with van der Waals surface area (Å²) in [7, 11) is 0. The van der Waals surface area contributed by atoms with Crippen molar-refractivity contribution in [3.63, 3.8) is 0 Å². The number of fused-ring (bicyclic) bond motifs is 1. The lowest BCUT2D eigenvalue weighted by atomic mass is 10.1. The predicted molar refractivity (Wildman–Crippen MR) is 102 cm³/mol. The Bertz CT molecular complexity index is 1050. The highest BCUT2D eigenvalue weighted by atomic mass is 15.0. The Hall–Kier alpha value is -3.64.